The minimum Gasteiger partial charge on any atom is -0.389 e. The Morgan fingerprint density at radius 2 is 2.07 bits per heavy atom. The van der Waals surface area contributed by atoms with Gasteiger partial charge in [-0.05, 0) is 48.7 Å². The summed E-state index contributed by atoms with van der Waals surface area (Å²) < 4.78 is 13.6. The molecule has 0 radical (unpaired) electrons. The van der Waals surface area contributed by atoms with Gasteiger partial charge in [-0.2, -0.15) is 0 Å². The van der Waals surface area contributed by atoms with Crippen LogP contribution in [0.2, 0.25) is 0 Å². The highest BCUT2D eigenvalue weighted by atomic mass is 19.1. The summed E-state index contributed by atoms with van der Waals surface area (Å²) >= 11 is 0. The Bertz CT molecular complexity index is 921. The molecule has 1 heterocycles. The van der Waals surface area contributed by atoms with Gasteiger partial charge in [-0.1, -0.05) is 24.3 Å². The van der Waals surface area contributed by atoms with Crippen molar-refractivity contribution in [3.63, 3.8) is 0 Å². The first-order valence-corrected chi connectivity index (χ1v) is 8.70. The average Bonchev–Trinajstić information content (AvgIpc) is 2.63. The van der Waals surface area contributed by atoms with Crippen molar-refractivity contribution in [2.45, 2.75) is 32.3 Å². The lowest BCUT2D eigenvalue weighted by Crippen LogP contribution is -2.32. The van der Waals surface area contributed by atoms with Crippen molar-refractivity contribution in [3.8, 4) is 0 Å². The Morgan fingerprint density at radius 3 is 2.78 bits per heavy atom. The topological polar surface area (TPSA) is 78.4 Å². The van der Waals surface area contributed by atoms with Crippen molar-refractivity contribution >= 4 is 17.5 Å². The standard InChI is InChI=1S/C21H21FN2O3/c1-12-6-7-14(13(2)25)9-19(12)24-21(27)18-11-23-20(26)10-17(18)15-4-3-5-16(22)8-15/h3-9,11,13,17,25H,10H2,1-2H3,(H,23,26)(H,24,27)/t13-,17?/m0/s1. The van der Waals surface area contributed by atoms with E-state index in [1.54, 1.807) is 31.2 Å². The largest absolute Gasteiger partial charge is 0.389 e. The number of aryl methyl sites for hydroxylation is 1. The number of amides is 2. The molecule has 6 heteroatoms. The van der Waals surface area contributed by atoms with Gasteiger partial charge in [0.1, 0.15) is 5.82 Å². The van der Waals surface area contributed by atoms with E-state index in [0.29, 0.717) is 22.4 Å². The maximum absolute atomic E-state index is 13.6. The number of rotatable bonds is 4. The second kappa shape index (κ2) is 7.72. The summed E-state index contributed by atoms with van der Waals surface area (Å²) in [4.78, 5) is 24.7. The first-order valence-electron chi connectivity index (χ1n) is 8.70. The Kier molecular flexibility index (Phi) is 5.37. The molecule has 2 aromatic rings. The van der Waals surface area contributed by atoms with Crippen LogP contribution < -0.4 is 10.6 Å². The lowest BCUT2D eigenvalue weighted by atomic mass is 9.86. The second-order valence-corrected chi connectivity index (χ2v) is 6.68. The second-order valence-electron chi connectivity index (χ2n) is 6.68. The molecule has 140 valence electrons. The minimum atomic E-state index is -0.658. The van der Waals surface area contributed by atoms with Crippen LogP contribution in [0.5, 0.6) is 0 Å². The third-order valence-corrected chi connectivity index (χ3v) is 4.66. The van der Waals surface area contributed by atoms with Crippen LogP contribution in [0.15, 0.2) is 54.2 Å². The molecular weight excluding hydrogens is 347 g/mol. The molecule has 0 saturated heterocycles. The van der Waals surface area contributed by atoms with Crippen LogP contribution in [0.25, 0.3) is 0 Å². The Labute approximate surface area is 156 Å². The van der Waals surface area contributed by atoms with Crippen LogP contribution in [0.1, 0.15) is 42.1 Å². The number of carbonyl (C=O) groups is 2. The summed E-state index contributed by atoms with van der Waals surface area (Å²) in [6, 6.07) is 11.3. The van der Waals surface area contributed by atoms with E-state index in [9.17, 15) is 19.1 Å². The smallest absolute Gasteiger partial charge is 0.253 e. The van der Waals surface area contributed by atoms with Crippen LogP contribution in [0.4, 0.5) is 10.1 Å². The van der Waals surface area contributed by atoms with Gasteiger partial charge in [-0.3, -0.25) is 9.59 Å². The molecule has 0 aliphatic carbocycles. The zero-order valence-corrected chi connectivity index (χ0v) is 15.1. The van der Waals surface area contributed by atoms with Crippen LogP contribution in [-0.4, -0.2) is 16.9 Å². The number of aliphatic hydroxyl groups is 1. The molecule has 2 amide bonds. The van der Waals surface area contributed by atoms with Gasteiger partial charge >= 0.3 is 0 Å². The first-order chi connectivity index (χ1) is 12.8. The van der Waals surface area contributed by atoms with Gasteiger partial charge in [0, 0.05) is 29.8 Å². The summed E-state index contributed by atoms with van der Waals surface area (Å²) in [6.45, 7) is 3.50. The Balaban J connectivity index is 1.90. The summed E-state index contributed by atoms with van der Waals surface area (Å²) in [5, 5.41) is 15.2. The van der Waals surface area contributed by atoms with Gasteiger partial charge in [0.25, 0.3) is 5.91 Å². The van der Waals surface area contributed by atoms with E-state index in [1.807, 2.05) is 13.0 Å². The lowest BCUT2D eigenvalue weighted by Gasteiger charge is -2.24. The maximum atomic E-state index is 13.6. The molecule has 3 N–H and O–H groups in total. The quantitative estimate of drug-likeness (QED) is 0.775. The molecule has 0 saturated carbocycles. The first kappa shape index (κ1) is 18.8. The Hall–Kier alpha value is -2.99. The molecule has 0 aromatic heterocycles. The number of aliphatic hydroxyl groups excluding tert-OH is 1. The van der Waals surface area contributed by atoms with Gasteiger partial charge in [0.05, 0.1) is 6.10 Å². The molecule has 0 fully saturated rings. The van der Waals surface area contributed by atoms with E-state index in [2.05, 4.69) is 10.6 Å². The van der Waals surface area contributed by atoms with Gasteiger partial charge in [-0.15, -0.1) is 0 Å². The highest BCUT2D eigenvalue weighted by Crippen LogP contribution is 2.32. The lowest BCUT2D eigenvalue weighted by molar-refractivity contribution is -0.121. The molecular formula is C21H21FN2O3. The number of hydrogen-bond donors (Lipinski definition) is 3. The van der Waals surface area contributed by atoms with Crippen LogP contribution in [0.3, 0.4) is 0 Å². The highest BCUT2D eigenvalue weighted by Gasteiger charge is 2.29. The summed E-state index contributed by atoms with van der Waals surface area (Å²) in [5.74, 6) is -1.56. The fourth-order valence-corrected chi connectivity index (χ4v) is 3.09. The van der Waals surface area contributed by atoms with Crippen LogP contribution in [-0.2, 0) is 9.59 Å². The molecule has 2 atom stereocenters. The zero-order valence-electron chi connectivity index (χ0n) is 15.1. The zero-order chi connectivity index (χ0) is 19.6. The molecule has 3 rings (SSSR count). The fourth-order valence-electron chi connectivity index (χ4n) is 3.09. The van der Waals surface area contributed by atoms with Crippen molar-refractivity contribution in [1.82, 2.24) is 5.32 Å². The van der Waals surface area contributed by atoms with Crippen molar-refractivity contribution < 1.29 is 19.1 Å². The van der Waals surface area contributed by atoms with Gasteiger partial charge in [0.2, 0.25) is 5.91 Å². The van der Waals surface area contributed by atoms with E-state index in [1.165, 1.54) is 18.3 Å². The van der Waals surface area contributed by atoms with E-state index in [0.717, 1.165) is 5.56 Å². The molecule has 2 aromatic carbocycles. The van der Waals surface area contributed by atoms with E-state index in [4.69, 9.17) is 0 Å². The normalized spacial score (nSPS) is 17.7. The number of anilines is 1. The highest BCUT2D eigenvalue weighted by molar-refractivity contribution is 6.06. The predicted molar refractivity (Wildman–Crippen MR) is 100 cm³/mol. The molecule has 1 aliphatic heterocycles. The number of hydrogen-bond acceptors (Lipinski definition) is 3. The molecule has 1 aliphatic rings. The summed E-state index contributed by atoms with van der Waals surface area (Å²) in [6.07, 6.45) is 0.787. The number of carbonyl (C=O) groups excluding carboxylic acids is 2. The number of benzene rings is 2. The summed E-state index contributed by atoms with van der Waals surface area (Å²) in [5.41, 5.74) is 3.02. The SMILES string of the molecule is Cc1ccc([C@H](C)O)cc1NC(=O)C1=CNC(=O)CC1c1cccc(F)c1. The molecule has 0 spiro atoms. The number of nitrogens with one attached hydrogen (secondary N) is 2. The van der Waals surface area contributed by atoms with E-state index < -0.39 is 17.8 Å². The number of halogens is 1. The predicted octanol–water partition coefficient (Wildman–Crippen LogP) is 3.31. The van der Waals surface area contributed by atoms with Crippen LogP contribution in [0, 0.1) is 12.7 Å². The monoisotopic (exact) mass is 368 g/mol. The Morgan fingerprint density at radius 1 is 1.30 bits per heavy atom. The molecule has 27 heavy (non-hydrogen) atoms. The van der Waals surface area contributed by atoms with Gasteiger partial charge in [-0.25, -0.2) is 4.39 Å². The van der Waals surface area contributed by atoms with E-state index >= 15 is 0 Å². The maximum Gasteiger partial charge on any atom is 0.253 e. The van der Waals surface area contributed by atoms with Crippen molar-refractivity contribution in [2.75, 3.05) is 5.32 Å². The van der Waals surface area contributed by atoms with Crippen molar-refractivity contribution in [3.05, 3.63) is 76.7 Å². The van der Waals surface area contributed by atoms with E-state index in [-0.39, 0.29) is 18.2 Å². The molecule has 0 bridgehead atoms. The van der Waals surface area contributed by atoms with Crippen molar-refractivity contribution in [1.29, 1.82) is 0 Å². The third-order valence-electron chi connectivity index (χ3n) is 4.66. The fraction of sp³-hybridized carbons (Fsp3) is 0.238. The van der Waals surface area contributed by atoms with Crippen LogP contribution >= 0.6 is 0 Å². The minimum absolute atomic E-state index is 0.0649. The van der Waals surface area contributed by atoms with Crippen molar-refractivity contribution in [2.24, 2.45) is 0 Å². The van der Waals surface area contributed by atoms with Gasteiger partial charge in [0.15, 0.2) is 0 Å². The molecule has 5 nitrogen and oxygen atoms in total. The molecule has 1 unspecified atom stereocenters. The average molecular weight is 368 g/mol. The summed E-state index contributed by atoms with van der Waals surface area (Å²) in [7, 11) is 0. The van der Waals surface area contributed by atoms with Gasteiger partial charge < -0.3 is 15.7 Å². The third kappa shape index (κ3) is 4.23.